The SMILES string of the molecule is CC(=O)C(=C(C)O)C(C)C. The van der Waals surface area contributed by atoms with E-state index in [2.05, 4.69) is 0 Å². The maximum atomic E-state index is 10.8. The summed E-state index contributed by atoms with van der Waals surface area (Å²) >= 11 is 0. The van der Waals surface area contributed by atoms with E-state index in [1.807, 2.05) is 13.8 Å². The molecular weight excluding hydrogens is 128 g/mol. The standard InChI is InChI=1S/C8H14O2/c1-5(2)8(6(3)9)7(4)10/h5,9H,1-4H3. The Labute approximate surface area is 61.6 Å². The fourth-order valence-corrected chi connectivity index (χ4v) is 1.08. The Morgan fingerprint density at radius 2 is 1.70 bits per heavy atom. The van der Waals surface area contributed by atoms with E-state index in [9.17, 15) is 4.79 Å². The normalized spacial score (nSPS) is 13.3. The third kappa shape index (κ3) is 2.21. The van der Waals surface area contributed by atoms with E-state index in [1.54, 1.807) is 0 Å². The highest BCUT2D eigenvalue weighted by atomic mass is 16.3. The van der Waals surface area contributed by atoms with Crippen molar-refractivity contribution in [2.45, 2.75) is 27.7 Å². The van der Waals surface area contributed by atoms with E-state index >= 15 is 0 Å². The summed E-state index contributed by atoms with van der Waals surface area (Å²) in [6.07, 6.45) is 0. The first-order valence-electron chi connectivity index (χ1n) is 3.37. The van der Waals surface area contributed by atoms with Gasteiger partial charge in [0.25, 0.3) is 0 Å². The molecule has 0 saturated heterocycles. The molecule has 2 nitrogen and oxygen atoms in total. The van der Waals surface area contributed by atoms with Crippen LogP contribution in [0.5, 0.6) is 0 Å². The van der Waals surface area contributed by atoms with Crippen LogP contribution in [0, 0.1) is 5.92 Å². The van der Waals surface area contributed by atoms with Gasteiger partial charge in [-0.15, -0.1) is 0 Å². The van der Waals surface area contributed by atoms with Crippen LogP contribution in [0.3, 0.4) is 0 Å². The molecule has 0 fully saturated rings. The topological polar surface area (TPSA) is 37.3 Å². The molecule has 2 heteroatoms. The summed E-state index contributed by atoms with van der Waals surface area (Å²) in [5.41, 5.74) is 0.528. The smallest absolute Gasteiger partial charge is 0.159 e. The fourth-order valence-electron chi connectivity index (χ4n) is 1.08. The highest BCUT2D eigenvalue weighted by molar-refractivity contribution is 5.93. The van der Waals surface area contributed by atoms with Crippen molar-refractivity contribution >= 4 is 5.78 Å². The number of aliphatic hydroxyl groups is 1. The third-order valence-corrected chi connectivity index (χ3v) is 1.35. The molecule has 1 N–H and O–H groups in total. The number of Topliss-reactive ketones (excluding diaryl/α,β-unsaturated/α-hetero) is 1. The summed E-state index contributed by atoms with van der Waals surface area (Å²) in [5.74, 6) is 0.208. The van der Waals surface area contributed by atoms with Gasteiger partial charge >= 0.3 is 0 Å². The second kappa shape index (κ2) is 3.40. The van der Waals surface area contributed by atoms with Gasteiger partial charge in [0.05, 0.1) is 5.76 Å². The van der Waals surface area contributed by atoms with Crippen LogP contribution in [-0.2, 0) is 4.79 Å². The van der Waals surface area contributed by atoms with E-state index in [4.69, 9.17) is 5.11 Å². The molecule has 0 amide bonds. The van der Waals surface area contributed by atoms with Crippen molar-refractivity contribution in [3.63, 3.8) is 0 Å². The van der Waals surface area contributed by atoms with Crippen LogP contribution in [-0.4, -0.2) is 10.9 Å². The maximum Gasteiger partial charge on any atom is 0.159 e. The number of carbonyl (C=O) groups excluding carboxylic acids is 1. The largest absolute Gasteiger partial charge is 0.512 e. The summed E-state index contributed by atoms with van der Waals surface area (Å²) in [6, 6.07) is 0. The summed E-state index contributed by atoms with van der Waals surface area (Å²) in [7, 11) is 0. The quantitative estimate of drug-likeness (QED) is 0.473. The number of carbonyl (C=O) groups is 1. The maximum absolute atomic E-state index is 10.8. The lowest BCUT2D eigenvalue weighted by molar-refractivity contribution is -0.114. The Bertz CT molecular complexity index is 162. The zero-order valence-corrected chi connectivity index (χ0v) is 6.93. The van der Waals surface area contributed by atoms with E-state index in [-0.39, 0.29) is 17.5 Å². The average Bonchev–Trinajstić information content (AvgIpc) is 1.59. The minimum absolute atomic E-state index is 0.0463. The molecule has 0 aliphatic rings. The predicted octanol–water partition coefficient (Wildman–Crippen LogP) is 2.06. The first kappa shape index (κ1) is 9.21. The number of allylic oxidation sites excluding steroid dienone is 2. The molecule has 0 aromatic carbocycles. The molecule has 0 aromatic heterocycles. The molecule has 0 spiro atoms. The Morgan fingerprint density at radius 1 is 1.30 bits per heavy atom. The van der Waals surface area contributed by atoms with E-state index < -0.39 is 0 Å². The molecule has 10 heavy (non-hydrogen) atoms. The molecule has 0 unspecified atom stereocenters. The molecular formula is C8H14O2. The van der Waals surface area contributed by atoms with Crippen LogP contribution >= 0.6 is 0 Å². The molecule has 0 heterocycles. The molecule has 0 saturated carbocycles. The van der Waals surface area contributed by atoms with Gasteiger partial charge in [0.2, 0.25) is 0 Å². The second-order valence-electron chi connectivity index (χ2n) is 2.71. The number of aliphatic hydroxyl groups excluding tert-OH is 1. The summed E-state index contributed by atoms with van der Waals surface area (Å²) in [4.78, 5) is 10.8. The Hall–Kier alpha value is -0.790. The molecule has 0 rings (SSSR count). The lowest BCUT2D eigenvalue weighted by atomic mass is 9.99. The lowest BCUT2D eigenvalue weighted by Gasteiger charge is -2.07. The van der Waals surface area contributed by atoms with Crippen molar-refractivity contribution < 1.29 is 9.90 Å². The van der Waals surface area contributed by atoms with Crippen LogP contribution in [0.2, 0.25) is 0 Å². The number of rotatable bonds is 2. The number of hydrogen-bond donors (Lipinski definition) is 1. The summed E-state index contributed by atoms with van der Waals surface area (Å²) in [5, 5.41) is 9.01. The predicted molar refractivity (Wildman–Crippen MR) is 40.8 cm³/mol. The molecule has 0 aliphatic heterocycles. The lowest BCUT2D eigenvalue weighted by Crippen LogP contribution is -2.06. The molecule has 58 valence electrons. The summed E-state index contributed by atoms with van der Waals surface area (Å²) in [6.45, 7) is 6.78. The Balaban J connectivity index is 4.61. The van der Waals surface area contributed by atoms with Crippen molar-refractivity contribution in [2.24, 2.45) is 5.92 Å². The first-order valence-corrected chi connectivity index (χ1v) is 3.37. The average molecular weight is 142 g/mol. The minimum Gasteiger partial charge on any atom is -0.512 e. The van der Waals surface area contributed by atoms with Crippen molar-refractivity contribution in [2.75, 3.05) is 0 Å². The molecule has 0 aromatic rings. The van der Waals surface area contributed by atoms with Crippen LogP contribution < -0.4 is 0 Å². The zero-order chi connectivity index (χ0) is 8.31. The molecule has 0 aliphatic carbocycles. The third-order valence-electron chi connectivity index (χ3n) is 1.35. The van der Waals surface area contributed by atoms with Gasteiger partial charge in [-0.05, 0) is 19.8 Å². The first-order chi connectivity index (χ1) is 4.46. The summed E-state index contributed by atoms with van der Waals surface area (Å²) < 4.78 is 0. The number of ketones is 1. The number of hydrogen-bond acceptors (Lipinski definition) is 2. The van der Waals surface area contributed by atoms with Crippen molar-refractivity contribution in [3.8, 4) is 0 Å². The van der Waals surface area contributed by atoms with Crippen LogP contribution in [0.4, 0.5) is 0 Å². The monoisotopic (exact) mass is 142 g/mol. The fraction of sp³-hybridized carbons (Fsp3) is 0.625. The van der Waals surface area contributed by atoms with Gasteiger partial charge in [-0.25, -0.2) is 0 Å². The van der Waals surface area contributed by atoms with Gasteiger partial charge in [0, 0.05) is 5.57 Å². The van der Waals surface area contributed by atoms with Gasteiger partial charge in [0.1, 0.15) is 0 Å². The van der Waals surface area contributed by atoms with Crippen LogP contribution in [0.1, 0.15) is 27.7 Å². The second-order valence-corrected chi connectivity index (χ2v) is 2.71. The van der Waals surface area contributed by atoms with Gasteiger partial charge in [-0.2, -0.15) is 0 Å². The van der Waals surface area contributed by atoms with Gasteiger partial charge in [-0.3, -0.25) is 4.79 Å². The van der Waals surface area contributed by atoms with Crippen molar-refractivity contribution in [3.05, 3.63) is 11.3 Å². The Morgan fingerprint density at radius 3 is 1.70 bits per heavy atom. The highest BCUT2D eigenvalue weighted by Gasteiger charge is 2.11. The molecule has 0 bridgehead atoms. The minimum atomic E-state index is -0.0463. The zero-order valence-electron chi connectivity index (χ0n) is 6.93. The highest BCUT2D eigenvalue weighted by Crippen LogP contribution is 2.13. The Kier molecular flexibility index (Phi) is 3.13. The van der Waals surface area contributed by atoms with E-state index in [1.165, 1.54) is 13.8 Å². The van der Waals surface area contributed by atoms with Gasteiger partial charge in [-0.1, -0.05) is 13.8 Å². The van der Waals surface area contributed by atoms with Crippen LogP contribution in [0.25, 0.3) is 0 Å². The molecule has 0 radical (unpaired) electrons. The van der Waals surface area contributed by atoms with E-state index in [0.29, 0.717) is 5.57 Å². The van der Waals surface area contributed by atoms with Gasteiger partial charge in [0.15, 0.2) is 5.78 Å². The van der Waals surface area contributed by atoms with E-state index in [0.717, 1.165) is 0 Å². The van der Waals surface area contributed by atoms with Gasteiger partial charge < -0.3 is 5.11 Å². The van der Waals surface area contributed by atoms with Crippen LogP contribution in [0.15, 0.2) is 11.3 Å². The van der Waals surface area contributed by atoms with Crippen molar-refractivity contribution in [1.82, 2.24) is 0 Å². The molecule has 0 atom stereocenters. The van der Waals surface area contributed by atoms with Crippen molar-refractivity contribution in [1.29, 1.82) is 0 Å².